The lowest BCUT2D eigenvalue weighted by Gasteiger charge is -2.33. The number of benzene rings is 1. The van der Waals surface area contributed by atoms with Gasteiger partial charge in [0.25, 0.3) is 0 Å². The highest BCUT2D eigenvalue weighted by atomic mass is 16.5. The van der Waals surface area contributed by atoms with Crippen LogP contribution in [0, 0.1) is 29.1 Å². The van der Waals surface area contributed by atoms with E-state index in [0.29, 0.717) is 37.6 Å². The Kier molecular flexibility index (Phi) is 15.9. The van der Waals surface area contributed by atoms with Gasteiger partial charge in [-0.15, -0.1) is 0 Å². The van der Waals surface area contributed by atoms with Gasteiger partial charge < -0.3 is 35.7 Å². The quantitative estimate of drug-likeness (QED) is 0.169. The fraction of sp³-hybridized carbons (Fsp3) is 0.719. The lowest BCUT2D eigenvalue weighted by Crippen LogP contribution is -2.48. The number of nitrogens with two attached hydrogens (primary N) is 1. The van der Waals surface area contributed by atoms with Crippen LogP contribution in [0.25, 0.3) is 0 Å². The third-order valence-corrected chi connectivity index (χ3v) is 7.84. The summed E-state index contributed by atoms with van der Waals surface area (Å²) < 4.78 is 16.5. The molecule has 4 atom stereocenters. The van der Waals surface area contributed by atoms with Crippen LogP contribution in [0.3, 0.4) is 0 Å². The van der Waals surface area contributed by atoms with E-state index in [1.165, 1.54) is 6.92 Å². The number of rotatable bonds is 20. The number of carbonyl (C=O) groups is 3. The van der Waals surface area contributed by atoms with Crippen LogP contribution in [0.1, 0.15) is 73.3 Å². The van der Waals surface area contributed by atoms with Crippen molar-refractivity contribution in [2.45, 2.75) is 86.3 Å². The summed E-state index contributed by atoms with van der Waals surface area (Å²) in [5.41, 5.74) is 5.62. The molecule has 1 aromatic rings. The number of amides is 3. The van der Waals surface area contributed by atoms with E-state index in [0.717, 1.165) is 12.0 Å². The standard InChI is InChI=1S/C32H55N3O7/c1-20(2)24(15-23-11-12-28(41-9)29(16-23)42-14-10-13-40-8)17-26(35-22(5)36)27(37)18-25(21(3)4)30(38)34-19-32(6,7)31(33)39/h11-12,16,20-21,24-27,37H,10,13-15,17-19H2,1-9H3,(H2,33,39)(H,34,38)(H,35,36)/t24?,25-,26?,27?/m0/s1. The molecule has 0 spiro atoms. The molecule has 1 rings (SSSR count). The van der Waals surface area contributed by atoms with Crippen LogP contribution < -0.4 is 25.8 Å². The zero-order chi connectivity index (χ0) is 32.0. The van der Waals surface area contributed by atoms with Gasteiger partial charge >= 0.3 is 0 Å². The SMILES string of the molecule is COCCCOc1cc(CC(CC(NC(C)=O)C(O)C[C@H](C(=O)NCC(C)(C)C(N)=O)C(C)C)C(C)C)ccc1OC. The average Bonchev–Trinajstić information content (AvgIpc) is 2.91. The molecule has 240 valence electrons. The van der Waals surface area contributed by atoms with Gasteiger partial charge in [0.2, 0.25) is 17.7 Å². The molecule has 0 saturated heterocycles. The summed E-state index contributed by atoms with van der Waals surface area (Å²) in [7, 11) is 3.26. The van der Waals surface area contributed by atoms with Crippen molar-refractivity contribution in [3.05, 3.63) is 23.8 Å². The number of ether oxygens (including phenoxy) is 3. The molecule has 0 bridgehead atoms. The van der Waals surface area contributed by atoms with E-state index in [1.54, 1.807) is 28.1 Å². The molecular formula is C32H55N3O7. The topological polar surface area (TPSA) is 149 Å². The van der Waals surface area contributed by atoms with Crippen molar-refractivity contribution in [3.63, 3.8) is 0 Å². The van der Waals surface area contributed by atoms with Crippen LogP contribution in [-0.4, -0.2) is 69.0 Å². The van der Waals surface area contributed by atoms with Crippen LogP contribution in [0.2, 0.25) is 0 Å². The number of aliphatic hydroxyl groups is 1. The molecule has 0 saturated carbocycles. The van der Waals surface area contributed by atoms with Crippen LogP contribution >= 0.6 is 0 Å². The van der Waals surface area contributed by atoms with Crippen molar-refractivity contribution in [2.24, 2.45) is 34.8 Å². The lowest BCUT2D eigenvalue weighted by atomic mass is 9.80. The van der Waals surface area contributed by atoms with E-state index in [1.807, 2.05) is 32.0 Å². The smallest absolute Gasteiger partial charge is 0.224 e. The number of aliphatic hydroxyl groups excluding tert-OH is 1. The van der Waals surface area contributed by atoms with Crippen molar-refractivity contribution in [2.75, 3.05) is 34.0 Å². The van der Waals surface area contributed by atoms with Gasteiger partial charge in [-0.2, -0.15) is 0 Å². The maximum Gasteiger partial charge on any atom is 0.224 e. The molecule has 10 nitrogen and oxygen atoms in total. The molecular weight excluding hydrogens is 538 g/mol. The first kappa shape index (κ1) is 37.2. The summed E-state index contributed by atoms with van der Waals surface area (Å²) in [5.74, 6) is 0.0991. The van der Waals surface area contributed by atoms with E-state index in [-0.39, 0.29) is 42.5 Å². The second-order valence-corrected chi connectivity index (χ2v) is 12.6. The van der Waals surface area contributed by atoms with Crippen LogP contribution in [0.5, 0.6) is 11.5 Å². The number of methoxy groups -OCH3 is 2. The van der Waals surface area contributed by atoms with Gasteiger partial charge in [-0.05, 0) is 68.6 Å². The maximum absolute atomic E-state index is 13.1. The summed E-state index contributed by atoms with van der Waals surface area (Å²) in [6, 6.07) is 5.34. The lowest BCUT2D eigenvalue weighted by molar-refractivity contribution is -0.130. The second kappa shape index (κ2) is 18.0. The summed E-state index contributed by atoms with van der Waals surface area (Å²) in [5, 5.41) is 17.1. The monoisotopic (exact) mass is 593 g/mol. The van der Waals surface area contributed by atoms with Crippen LogP contribution in [0.4, 0.5) is 0 Å². The Bertz CT molecular complexity index is 996. The van der Waals surface area contributed by atoms with Crippen molar-refractivity contribution in [1.82, 2.24) is 10.6 Å². The predicted molar refractivity (Wildman–Crippen MR) is 164 cm³/mol. The summed E-state index contributed by atoms with van der Waals surface area (Å²) >= 11 is 0. The fourth-order valence-corrected chi connectivity index (χ4v) is 4.77. The van der Waals surface area contributed by atoms with Gasteiger partial charge in [0.15, 0.2) is 11.5 Å². The Balaban J connectivity index is 3.09. The number of hydrogen-bond acceptors (Lipinski definition) is 7. The Morgan fingerprint density at radius 2 is 1.67 bits per heavy atom. The molecule has 0 aliphatic heterocycles. The van der Waals surface area contributed by atoms with Gasteiger partial charge in [-0.25, -0.2) is 0 Å². The zero-order valence-corrected chi connectivity index (χ0v) is 27.1. The largest absolute Gasteiger partial charge is 0.493 e. The normalized spacial score (nSPS) is 14.7. The number of hydrogen-bond donors (Lipinski definition) is 4. The Morgan fingerprint density at radius 3 is 2.19 bits per heavy atom. The highest BCUT2D eigenvalue weighted by Crippen LogP contribution is 2.32. The third kappa shape index (κ3) is 12.6. The molecule has 1 aromatic carbocycles. The van der Waals surface area contributed by atoms with Gasteiger partial charge in [-0.3, -0.25) is 14.4 Å². The minimum Gasteiger partial charge on any atom is -0.493 e. The minimum atomic E-state index is -0.951. The first-order valence-electron chi connectivity index (χ1n) is 14.9. The van der Waals surface area contributed by atoms with Crippen LogP contribution in [0.15, 0.2) is 18.2 Å². The number of carbonyl (C=O) groups excluding carboxylic acids is 3. The fourth-order valence-electron chi connectivity index (χ4n) is 4.77. The Hall–Kier alpha value is -2.85. The van der Waals surface area contributed by atoms with E-state index in [4.69, 9.17) is 19.9 Å². The van der Waals surface area contributed by atoms with Gasteiger partial charge in [0, 0.05) is 39.5 Å². The molecule has 0 radical (unpaired) electrons. The second-order valence-electron chi connectivity index (χ2n) is 12.6. The molecule has 3 unspecified atom stereocenters. The molecule has 0 aliphatic carbocycles. The summed E-state index contributed by atoms with van der Waals surface area (Å²) in [6.45, 7) is 14.1. The first-order valence-corrected chi connectivity index (χ1v) is 14.9. The number of nitrogens with one attached hydrogen (secondary N) is 2. The maximum atomic E-state index is 13.1. The third-order valence-electron chi connectivity index (χ3n) is 7.84. The molecule has 10 heteroatoms. The predicted octanol–water partition coefficient (Wildman–Crippen LogP) is 3.47. The summed E-state index contributed by atoms with van der Waals surface area (Å²) in [4.78, 5) is 37.0. The van der Waals surface area contributed by atoms with Gasteiger partial charge in [-0.1, -0.05) is 33.8 Å². The first-order chi connectivity index (χ1) is 19.6. The Morgan fingerprint density at radius 1 is 1.00 bits per heavy atom. The zero-order valence-electron chi connectivity index (χ0n) is 27.1. The molecule has 0 fully saturated rings. The molecule has 0 heterocycles. The van der Waals surface area contributed by atoms with Gasteiger partial charge in [0.1, 0.15) is 0 Å². The van der Waals surface area contributed by atoms with Crippen molar-refractivity contribution < 1.29 is 33.7 Å². The molecule has 0 aromatic heterocycles. The minimum absolute atomic E-state index is 0.0724. The Labute approximate surface area is 252 Å². The highest BCUT2D eigenvalue weighted by Gasteiger charge is 2.33. The van der Waals surface area contributed by atoms with E-state index in [2.05, 4.69) is 24.5 Å². The van der Waals surface area contributed by atoms with Crippen molar-refractivity contribution >= 4 is 17.7 Å². The van der Waals surface area contributed by atoms with Crippen molar-refractivity contribution in [1.29, 1.82) is 0 Å². The molecule has 3 amide bonds. The highest BCUT2D eigenvalue weighted by molar-refractivity contribution is 5.83. The van der Waals surface area contributed by atoms with Crippen LogP contribution in [-0.2, 0) is 25.5 Å². The van der Waals surface area contributed by atoms with Crippen molar-refractivity contribution in [3.8, 4) is 11.5 Å². The van der Waals surface area contributed by atoms with Gasteiger partial charge in [0.05, 0.1) is 31.3 Å². The average molecular weight is 594 g/mol. The molecule has 42 heavy (non-hydrogen) atoms. The van der Waals surface area contributed by atoms with E-state index in [9.17, 15) is 19.5 Å². The van der Waals surface area contributed by atoms with E-state index >= 15 is 0 Å². The number of primary amides is 1. The van der Waals surface area contributed by atoms with E-state index < -0.39 is 29.4 Å². The molecule has 0 aliphatic rings. The molecule has 5 N–H and O–H groups in total. The summed E-state index contributed by atoms with van der Waals surface area (Å²) in [6.07, 6.45) is 1.20.